The summed E-state index contributed by atoms with van der Waals surface area (Å²) in [5, 5.41) is -0.0877. The number of rotatable bonds is 10. The SMILES string of the molecule is CCCCCCC(F)(F)C(F)(F)C(F)(F)[P+](C)(c1ccccc1)c1ccccc1. The van der Waals surface area contributed by atoms with Crippen LogP contribution in [0.2, 0.25) is 0 Å². The van der Waals surface area contributed by atoms with E-state index in [4.69, 9.17) is 0 Å². The van der Waals surface area contributed by atoms with E-state index in [2.05, 4.69) is 0 Å². The highest BCUT2D eigenvalue weighted by Crippen LogP contribution is 2.72. The fraction of sp³-hybridized carbons (Fsp3) is 0.455. The van der Waals surface area contributed by atoms with E-state index in [1.165, 1.54) is 48.5 Å². The van der Waals surface area contributed by atoms with Crippen molar-refractivity contribution in [1.29, 1.82) is 0 Å². The number of benzene rings is 2. The normalized spacial score (nSPS) is 13.5. The first-order chi connectivity index (χ1) is 13.5. The summed E-state index contributed by atoms with van der Waals surface area (Å²) in [7, 11) is -4.20. The minimum Gasteiger partial charge on any atom is -0.199 e. The Morgan fingerprint density at radius 1 is 0.690 bits per heavy atom. The third-order valence-electron chi connectivity index (χ3n) is 5.29. The fourth-order valence-corrected chi connectivity index (χ4v) is 6.57. The zero-order valence-corrected chi connectivity index (χ0v) is 17.4. The van der Waals surface area contributed by atoms with Crippen molar-refractivity contribution in [2.45, 2.75) is 56.5 Å². The van der Waals surface area contributed by atoms with Crippen molar-refractivity contribution in [1.82, 2.24) is 0 Å². The summed E-state index contributed by atoms with van der Waals surface area (Å²) in [6, 6.07) is 14.2. The Hall–Kier alpha value is -1.55. The standard InChI is InChI=1S/C22H26F6P/c1-3-4-5-12-17-20(23,24)21(25,26)22(27,28)29(2,18-13-8-6-9-14-18)19-15-10-7-11-16-19/h6-11,13-16H,3-5,12,17H2,1-2H3/q+1. The minimum atomic E-state index is -5.49. The van der Waals surface area contributed by atoms with Crippen LogP contribution in [0.15, 0.2) is 60.7 Å². The van der Waals surface area contributed by atoms with Crippen LogP contribution in [-0.4, -0.2) is 24.2 Å². The molecule has 0 heterocycles. The number of halogens is 6. The lowest BCUT2D eigenvalue weighted by Crippen LogP contribution is -2.57. The minimum absolute atomic E-state index is 0.0438. The number of unbranched alkanes of at least 4 members (excludes halogenated alkanes) is 3. The Labute approximate surface area is 168 Å². The van der Waals surface area contributed by atoms with Gasteiger partial charge in [0.25, 0.3) is 0 Å². The average molecular weight is 435 g/mol. The Bertz CT molecular complexity index is 722. The van der Waals surface area contributed by atoms with Gasteiger partial charge < -0.3 is 0 Å². The molecule has 0 atom stereocenters. The molecular weight excluding hydrogens is 409 g/mol. The zero-order valence-electron chi connectivity index (χ0n) is 16.5. The first kappa shape index (κ1) is 23.7. The summed E-state index contributed by atoms with van der Waals surface area (Å²) in [5.41, 5.74) is -4.93. The van der Waals surface area contributed by atoms with Crippen LogP contribution < -0.4 is 10.6 Å². The molecule has 2 aromatic rings. The van der Waals surface area contributed by atoms with Crippen molar-refractivity contribution in [2.75, 3.05) is 6.66 Å². The van der Waals surface area contributed by atoms with Gasteiger partial charge >= 0.3 is 17.5 Å². The lowest BCUT2D eigenvalue weighted by Gasteiger charge is -2.38. The zero-order chi connectivity index (χ0) is 21.8. The van der Waals surface area contributed by atoms with Crippen molar-refractivity contribution in [3.8, 4) is 0 Å². The first-order valence-corrected chi connectivity index (χ1v) is 11.9. The Kier molecular flexibility index (Phi) is 7.42. The highest BCUT2D eigenvalue weighted by molar-refractivity contribution is 7.89. The molecule has 0 aliphatic carbocycles. The van der Waals surface area contributed by atoms with Crippen molar-refractivity contribution in [3.63, 3.8) is 0 Å². The predicted molar refractivity (Wildman–Crippen MR) is 109 cm³/mol. The second-order valence-electron chi connectivity index (χ2n) is 7.31. The van der Waals surface area contributed by atoms with Crippen molar-refractivity contribution in [2.24, 2.45) is 0 Å². The van der Waals surface area contributed by atoms with Gasteiger partial charge in [-0.3, -0.25) is 0 Å². The van der Waals surface area contributed by atoms with Crippen molar-refractivity contribution in [3.05, 3.63) is 60.7 Å². The van der Waals surface area contributed by atoms with Gasteiger partial charge in [-0.15, -0.1) is 0 Å². The lowest BCUT2D eigenvalue weighted by atomic mass is 10.0. The lowest BCUT2D eigenvalue weighted by molar-refractivity contribution is -0.281. The van der Waals surface area contributed by atoms with E-state index in [9.17, 15) is 17.6 Å². The molecule has 7 heteroatoms. The number of hydrogen-bond acceptors (Lipinski definition) is 0. The molecule has 0 bridgehead atoms. The van der Waals surface area contributed by atoms with Crippen LogP contribution in [0.25, 0.3) is 0 Å². The maximum atomic E-state index is 15.5. The Morgan fingerprint density at radius 3 is 1.55 bits per heavy atom. The second kappa shape index (κ2) is 9.07. The van der Waals surface area contributed by atoms with E-state index in [0.717, 1.165) is 13.1 Å². The van der Waals surface area contributed by atoms with Crippen LogP contribution in [0.1, 0.15) is 39.0 Å². The molecular formula is C22H26F6P+. The van der Waals surface area contributed by atoms with Gasteiger partial charge in [-0.25, -0.2) is 0 Å². The molecule has 0 amide bonds. The maximum Gasteiger partial charge on any atom is 0.430 e. The molecule has 0 nitrogen and oxygen atoms in total. The first-order valence-electron chi connectivity index (χ1n) is 9.63. The smallest absolute Gasteiger partial charge is 0.199 e. The molecule has 0 radical (unpaired) electrons. The van der Waals surface area contributed by atoms with Crippen molar-refractivity contribution < 1.29 is 26.3 Å². The molecule has 0 spiro atoms. The van der Waals surface area contributed by atoms with Crippen LogP contribution in [-0.2, 0) is 0 Å². The van der Waals surface area contributed by atoms with Crippen LogP contribution in [0, 0.1) is 0 Å². The van der Waals surface area contributed by atoms with Gasteiger partial charge in [-0.1, -0.05) is 62.6 Å². The van der Waals surface area contributed by atoms with Gasteiger partial charge in [0.05, 0.1) is 6.66 Å². The van der Waals surface area contributed by atoms with E-state index < -0.39 is 31.2 Å². The summed E-state index contributed by atoms with van der Waals surface area (Å²) in [5.74, 6) is -10.3. The molecule has 2 rings (SSSR count). The van der Waals surface area contributed by atoms with E-state index in [-0.39, 0.29) is 17.0 Å². The summed E-state index contributed by atoms with van der Waals surface area (Å²) < 4.78 is 89.7. The molecule has 0 unspecified atom stereocenters. The van der Waals surface area contributed by atoms with Gasteiger partial charge in [0.2, 0.25) is 0 Å². The molecule has 0 aliphatic heterocycles. The summed E-state index contributed by atoms with van der Waals surface area (Å²) in [4.78, 5) is 0. The van der Waals surface area contributed by atoms with Gasteiger partial charge in [-0.2, -0.15) is 26.3 Å². The van der Waals surface area contributed by atoms with E-state index in [1.54, 1.807) is 12.1 Å². The van der Waals surface area contributed by atoms with Crippen LogP contribution >= 0.6 is 7.26 Å². The van der Waals surface area contributed by atoms with Gasteiger partial charge in [0.1, 0.15) is 10.6 Å². The predicted octanol–water partition coefficient (Wildman–Crippen LogP) is 7.12. The summed E-state index contributed by atoms with van der Waals surface area (Å²) in [6.07, 6.45) is 0.134. The number of alkyl halides is 6. The van der Waals surface area contributed by atoms with E-state index in [1.807, 2.05) is 6.92 Å². The van der Waals surface area contributed by atoms with Crippen LogP contribution in [0.4, 0.5) is 26.3 Å². The van der Waals surface area contributed by atoms with Gasteiger partial charge in [0.15, 0.2) is 7.26 Å². The Balaban J connectivity index is 2.54. The molecule has 0 aliphatic rings. The second-order valence-corrected chi connectivity index (χ2v) is 10.9. The monoisotopic (exact) mass is 435 g/mol. The molecule has 0 fully saturated rings. The molecule has 0 saturated carbocycles. The molecule has 160 valence electrons. The van der Waals surface area contributed by atoms with Crippen LogP contribution in [0.3, 0.4) is 0 Å². The molecule has 0 N–H and O–H groups in total. The van der Waals surface area contributed by atoms with E-state index in [0.29, 0.717) is 12.8 Å². The maximum absolute atomic E-state index is 15.5. The highest BCUT2D eigenvalue weighted by atomic mass is 31.2. The fourth-order valence-electron chi connectivity index (χ4n) is 3.36. The highest BCUT2D eigenvalue weighted by Gasteiger charge is 2.82. The summed E-state index contributed by atoms with van der Waals surface area (Å²) in [6.45, 7) is 2.86. The number of hydrogen-bond donors (Lipinski definition) is 0. The Morgan fingerprint density at radius 2 is 1.14 bits per heavy atom. The molecule has 0 aromatic heterocycles. The van der Waals surface area contributed by atoms with E-state index >= 15 is 8.78 Å². The molecule has 2 aromatic carbocycles. The quantitative estimate of drug-likeness (QED) is 0.212. The molecule has 0 saturated heterocycles. The van der Waals surface area contributed by atoms with Crippen LogP contribution in [0.5, 0.6) is 0 Å². The average Bonchev–Trinajstić information content (AvgIpc) is 2.71. The topological polar surface area (TPSA) is 0 Å². The summed E-state index contributed by atoms with van der Waals surface area (Å²) >= 11 is 0. The van der Waals surface area contributed by atoms with Gasteiger partial charge in [0, 0.05) is 6.42 Å². The van der Waals surface area contributed by atoms with Gasteiger partial charge in [-0.05, 0) is 30.7 Å². The molecule has 29 heavy (non-hydrogen) atoms. The third-order valence-corrected chi connectivity index (χ3v) is 9.35. The largest absolute Gasteiger partial charge is 0.430 e. The van der Waals surface area contributed by atoms with Crippen molar-refractivity contribution >= 4 is 17.9 Å². The third kappa shape index (κ3) is 4.33.